The number of oxazole rings is 1. The molecule has 4 nitrogen and oxygen atoms in total. The molecule has 2 atom stereocenters. The van der Waals surface area contributed by atoms with Crippen LogP contribution in [0.4, 0.5) is 0 Å². The molecule has 0 saturated carbocycles. The zero-order valence-corrected chi connectivity index (χ0v) is 12.3. The average molecular weight is 266 g/mol. The van der Waals surface area contributed by atoms with Gasteiger partial charge in [0.2, 0.25) is 0 Å². The molecule has 1 aliphatic heterocycles. The lowest BCUT2D eigenvalue weighted by atomic mass is 9.97. The number of nitrogens with one attached hydrogen (secondary N) is 1. The minimum Gasteiger partial charge on any atom is -0.445 e. The molecule has 2 rings (SSSR count). The second-order valence-electron chi connectivity index (χ2n) is 5.58. The van der Waals surface area contributed by atoms with Crippen molar-refractivity contribution < 1.29 is 9.15 Å². The molecule has 4 heteroatoms. The van der Waals surface area contributed by atoms with Crippen LogP contribution >= 0.6 is 0 Å². The molecule has 0 aliphatic carbocycles. The van der Waals surface area contributed by atoms with E-state index in [9.17, 15) is 0 Å². The van der Waals surface area contributed by atoms with Gasteiger partial charge in [-0.05, 0) is 25.8 Å². The molecule has 2 heterocycles. The predicted molar refractivity (Wildman–Crippen MR) is 75.4 cm³/mol. The Morgan fingerprint density at radius 2 is 2.32 bits per heavy atom. The van der Waals surface area contributed by atoms with Gasteiger partial charge in [-0.25, -0.2) is 4.98 Å². The van der Waals surface area contributed by atoms with Gasteiger partial charge in [0.15, 0.2) is 5.89 Å². The maximum absolute atomic E-state index is 5.89. The van der Waals surface area contributed by atoms with Crippen molar-refractivity contribution in [3.05, 3.63) is 17.8 Å². The van der Waals surface area contributed by atoms with Gasteiger partial charge in [0.1, 0.15) is 5.76 Å². The van der Waals surface area contributed by atoms with Gasteiger partial charge in [0.05, 0.1) is 12.3 Å². The first kappa shape index (κ1) is 14.5. The van der Waals surface area contributed by atoms with Crippen LogP contribution in [0.15, 0.2) is 10.6 Å². The highest BCUT2D eigenvalue weighted by molar-refractivity contribution is 5.06. The minimum absolute atomic E-state index is 0.309. The largest absolute Gasteiger partial charge is 0.445 e. The summed E-state index contributed by atoms with van der Waals surface area (Å²) in [5.74, 6) is 2.28. The number of aromatic nitrogens is 1. The number of hydrogen-bond acceptors (Lipinski definition) is 4. The number of rotatable bonds is 7. The van der Waals surface area contributed by atoms with Crippen LogP contribution in [0.25, 0.3) is 0 Å². The van der Waals surface area contributed by atoms with Gasteiger partial charge in [-0.2, -0.15) is 0 Å². The normalized spacial score (nSPS) is 23.4. The maximum atomic E-state index is 5.89. The predicted octanol–water partition coefficient (Wildman–Crippen LogP) is 2.89. The molecule has 1 aromatic heterocycles. The Labute approximate surface area is 115 Å². The number of hydrogen-bond donors (Lipinski definition) is 1. The third kappa shape index (κ3) is 4.05. The summed E-state index contributed by atoms with van der Waals surface area (Å²) in [6, 6.07) is 0.543. The smallest absolute Gasteiger partial charge is 0.194 e. The molecule has 0 radical (unpaired) electrons. The highest BCUT2D eigenvalue weighted by Crippen LogP contribution is 2.33. The van der Waals surface area contributed by atoms with Crippen molar-refractivity contribution in [3.63, 3.8) is 0 Å². The standard InChI is InChI=1S/C15H26N2O2/c1-4-13-12(7-9-18-13)14-10-17-15(19-14)6-5-8-16-11(2)3/h10-13,16H,4-9H2,1-3H3. The number of aryl methyl sites for hydroxylation is 1. The molecule has 1 saturated heterocycles. The third-order valence-corrected chi connectivity index (χ3v) is 3.67. The number of nitrogens with zero attached hydrogens (tertiary/aromatic N) is 1. The quantitative estimate of drug-likeness (QED) is 0.771. The lowest BCUT2D eigenvalue weighted by molar-refractivity contribution is 0.0971. The second-order valence-corrected chi connectivity index (χ2v) is 5.58. The van der Waals surface area contributed by atoms with E-state index in [1.807, 2.05) is 6.20 Å². The topological polar surface area (TPSA) is 47.3 Å². The van der Waals surface area contributed by atoms with E-state index in [4.69, 9.17) is 9.15 Å². The fourth-order valence-corrected chi connectivity index (χ4v) is 2.62. The molecule has 0 bridgehead atoms. The van der Waals surface area contributed by atoms with Crippen molar-refractivity contribution in [2.45, 2.75) is 64.5 Å². The van der Waals surface area contributed by atoms with Crippen LogP contribution in [0, 0.1) is 0 Å². The molecule has 1 N–H and O–H groups in total. The van der Waals surface area contributed by atoms with Gasteiger partial charge in [-0.3, -0.25) is 0 Å². The van der Waals surface area contributed by atoms with Crippen LogP contribution in [0.3, 0.4) is 0 Å². The van der Waals surface area contributed by atoms with Crippen LogP contribution in [-0.2, 0) is 11.2 Å². The summed E-state index contributed by atoms with van der Waals surface area (Å²) < 4.78 is 11.6. The van der Waals surface area contributed by atoms with Gasteiger partial charge in [-0.1, -0.05) is 20.8 Å². The summed E-state index contributed by atoms with van der Waals surface area (Å²) in [6.07, 6.45) is 6.28. The molecule has 0 aromatic carbocycles. The van der Waals surface area contributed by atoms with Crippen LogP contribution in [0.5, 0.6) is 0 Å². The van der Waals surface area contributed by atoms with Crippen LogP contribution in [-0.4, -0.2) is 30.3 Å². The molecule has 1 fully saturated rings. The van der Waals surface area contributed by atoms with Gasteiger partial charge >= 0.3 is 0 Å². The molecule has 0 amide bonds. The van der Waals surface area contributed by atoms with E-state index in [-0.39, 0.29) is 0 Å². The van der Waals surface area contributed by atoms with Crippen molar-refractivity contribution in [1.29, 1.82) is 0 Å². The van der Waals surface area contributed by atoms with Crippen molar-refractivity contribution in [1.82, 2.24) is 10.3 Å². The maximum Gasteiger partial charge on any atom is 0.194 e. The monoisotopic (exact) mass is 266 g/mol. The molecule has 1 aliphatic rings. The Morgan fingerprint density at radius 3 is 3.05 bits per heavy atom. The molecular formula is C15H26N2O2. The summed E-state index contributed by atoms with van der Waals surface area (Å²) in [5.41, 5.74) is 0. The van der Waals surface area contributed by atoms with Crippen molar-refractivity contribution >= 4 is 0 Å². The fourth-order valence-electron chi connectivity index (χ4n) is 2.62. The van der Waals surface area contributed by atoms with Gasteiger partial charge < -0.3 is 14.5 Å². The summed E-state index contributed by atoms with van der Waals surface area (Å²) in [7, 11) is 0. The lowest BCUT2D eigenvalue weighted by Crippen LogP contribution is -2.23. The summed E-state index contributed by atoms with van der Waals surface area (Å²) in [5, 5.41) is 3.40. The fraction of sp³-hybridized carbons (Fsp3) is 0.800. The first-order valence-corrected chi connectivity index (χ1v) is 7.50. The highest BCUT2D eigenvalue weighted by atomic mass is 16.5. The van der Waals surface area contributed by atoms with Crippen LogP contribution < -0.4 is 5.32 Å². The summed E-state index contributed by atoms with van der Waals surface area (Å²) in [4.78, 5) is 4.40. The Kier molecular flexibility index (Phi) is 5.40. The summed E-state index contributed by atoms with van der Waals surface area (Å²) >= 11 is 0. The average Bonchev–Trinajstić information content (AvgIpc) is 3.02. The molecular weight excluding hydrogens is 240 g/mol. The van der Waals surface area contributed by atoms with E-state index in [1.54, 1.807) is 0 Å². The van der Waals surface area contributed by atoms with Crippen LogP contribution in [0.2, 0.25) is 0 Å². The van der Waals surface area contributed by atoms with Crippen molar-refractivity contribution in [2.24, 2.45) is 0 Å². The van der Waals surface area contributed by atoms with Gasteiger partial charge in [0, 0.05) is 25.0 Å². The van der Waals surface area contributed by atoms with E-state index >= 15 is 0 Å². The molecule has 19 heavy (non-hydrogen) atoms. The Morgan fingerprint density at radius 1 is 1.47 bits per heavy atom. The SMILES string of the molecule is CCC1OCCC1c1cnc(CCCNC(C)C)o1. The second kappa shape index (κ2) is 7.06. The van der Waals surface area contributed by atoms with E-state index in [0.29, 0.717) is 18.1 Å². The number of ether oxygens (including phenoxy) is 1. The Balaban J connectivity index is 1.81. The Bertz CT molecular complexity index is 376. The lowest BCUT2D eigenvalue weighted by Gasteiger charge is -2.13. The zero-order valence-electron chi connectivity index (χ0n) is 12.3. The van der Waals surface area contributed by atoms with E-state index < -0.39 is 0 Å². The van der Waals surface area contributed by atoms with Crippen LogP contribution in [0.1, 0.15) is 57.6 Å². The third-order valence-electron chi connectivity index (χ3n) is 3.67. The van der Waals surface area contributed by atoms with Crippen molar-refractivity contribution in [2.75, 3.05) is 13.2 Å². The van der Waals surface area contributed by atoms with Gasteiger partial charge in [0.25, 0.3) is 0 Å². The first-order valence-electron chi connectivity index (χ1n) is 7.50. The van der Waals surface area contributed by atoms with E-state index in [2.05, 4.69) is 31.1 Å². The Hall–Kier alpha value is -0.870. The molecule has 0 spiro atoms. The molecule has 2 unspecified atom stereocenters. The van der Waals surface area contributed by atoms with E-state index in [1.165, 1.54) is 0 Å². The minimum atomic E-state index is 0.309. The molecule has 108 valence electrons. The zero-order chi connectivity index (χ0) is 13.7. The van der Waals surface area contributed by atoms with Crippen molar-refractivity contribution in [3.8, 4) is 0 Å². The first-order chi connectivity index (χ1) is 9.20. The summed E-state index contributed by atoms with van der Waals surface area (Å²) in [6.45, 7) is 8.34. The highest BCUT2D eigenvalue weighted by Gasteiger charge is 2.30. The molecule has 1 aromatic rings. The van der Waals surface area contributed by atoms with E-state index in [0.717, 1.165) is 50.5 Å². The van der Waals surface area contributed by atoms with Gasteiger partial charge in [-0.15, -0.1) is 0 Å².